The Kier molecular flexibility index (Phi) is 7.62. The molecule has 0 aromatic rings. The Balaban J connectivity index is 3.73. The van der Waals surface area contributed by atoms with Gasteiger partial charge in [-0.15, -0.1) is 0 Å². The van der Waals surface area contributed by atoms with Gasteiger partial charge in [0.15, 0.2) is 0 Å². The zero-order valence-corrected chi connectivity index (χ0v) is 9.45. The minimum absolute atomic E-state index is 0.0605. The van der Waals surface area contributed by atoms with Crippen LogP contribution in [0.2, 0.25) is 0 Å². The summed E-state index contributed by atoms with van der Waals surface area (Å²) >= 11 is 0. The first-order valence-electron chi connectivity index (χ1n) is 5.23. The van der Waals surface area contributed by atoms with E-state index >= 15 is 0 Å². The third-order valence-electron chi connectivity index (χ3n) is 1.98. The van der Waals surface area contributed by atoms with E-state index in [0.29, 0.717) is 25.8 Å². The van der Waals surface area contributed by atoms with E-state index in [1.54, 1.807) is 7.05 Å². The van der Waals surface area contributed by atoms with Crippen LogP contribution in [0.4, 0.5) is 0 Å². The molecule has 0 radical (unpaired) electrons. The molecule has 0 spiro atoms. The van der Waals surface area contributed by atoms with Crippen molar-refractivity contribution >= 4 is 11.8 Å². The summed E-state index contributed by atoms with van der Waals surface area (Å²) in [4.78, 5) is 24.0. The number of carbonyl (C=O) groups is 2. The average molecular weight is 216 g/mol. The second kappa shape index (κ2) is 8.23. The fourth-order valence-electron chi connectivity index (χ4n) is 1.14. The van der Waals surface area contributed by atoms with E-state index in [-0.39, 0.29) is 25.0 Å². The molecular formula is C10H20N2O3. The van der Waals surface area contributed by atoms with Crippen LogP contribution in [-0.4, -0.2) is 48.6 Å². The van der Waals surface area contributed by atoms with E-state index in [0.717, 1.165) is 0 Å². The molecule has 0 aliphatic rings. The standard InChI is InChI=1S/C10H20N2O3/c1-3-11-9(14)8-12(2)10(15)6-4-5-7-13/h13H,3-8H2,1-2H3,(H,11,14). The Morgan fingerprint density at radius 2 is 2.00 bits per heavy atom. The summed E-state index contributed by atoms with van der Waals surface area (Å²) < 4.78 is 0. The number of hydrogen-bond donors (Lipinski definition) is 2. The highest BCUT2D eigenvalue weighted by Crippen LogP contribution is 1.98. The molecule has 0 aromatic carbocycles. The summed E-state index contributed by atoms with van der Waals surface area (Å²) in [5.41, 5.74) is 0. The lowest BCUT2D eigenvalue weighted by Crippen LogP contribution is -2.38. The van der Waals surface area contributed by atoms with Gasteiger partial charge in [-0.05, 0) is 19.8 Å². The van der Waals surface area contributed by atoms with E-state index in [9.17, 15) is 9.59 Å². The van der Waals surface area contributed by atoms with Gasteiger partial charge in [-0.2, -0.15) is 0 Å². The predicted octanol–water partition coefficient (Wildman–Crippen LogP) is -0.257. The molecule has 0 aromatic heterocycles. The molecule has 0 rings (SSSR count). The number of likely N-dealkylation sites (N-methyl/N-ethyl adjacent to an activating group) is 2. The smallest absolute Gasteiger partial charge is 0.239 e. The number of amides is 2. The van der Waals surface area contributed by atoms with Crippen LogP contribution in [-0.2, 0) is 9.59 Å². The third kappa shape index (κ3) is 6.90. The Morgan fingerprint density at radius 1 is 1.33 bits per heavy atom. The second-order valence-corrected chi connectivity index (χ2v) is 3.38. The first kappa shape index (κ1) is 13.9. The van der Waals surface area contributed by atoms with Gasteiger partial charge in [0.25, 0.3) is 0 Å². The van der Waals surface area contributed by atoms with Crippen LogP contribution in [0.25, 0.3) is 0 Å². The van der Waals surface area contributed by atoms with Gasteiger partial charge in [0, 0.05) is 26.6 Å². The highest BCUT2D eigenvalue weighted by Gasteiger charge is 2.11. The van der Waals surface area contributed by atoms with Crippen LogP contribution >= 0.6 is 0 Å². The first-order chi connectivity index (χ1) is 7.11. The summed E-state index contributed by atoms with van der Waals surface area (Å²) in [5, 5.41) is 11.2. The molecule has 0 saturated heterocycles. The van der Waals surface area contributed by atoms with Crippen LogP contribution in [0.3, 0.4) is 0 Å². The molecule has 0 aliphatic carbocycles. The van der Waals surface area contributed by atoms with Crippen LogP contribution in [0.15, 0.2) is 0 Å². The van der Waals surface area contributed by atoms with Gasteiger partial charge in [-0.1, -0.05) is 0 Å². The molecule has 15 heavy (non-hydrogen) atoms. The van der Waals surface area contributed by atoms with E-state index in [1.165, 1.54) is 4.90 Å². The maximum Gasteiger partial charge on any atom is 0.239 e. The number of unbranched alkanes of at least 4 members (excludes halogenated alkanes) is 1. The summed E-state index contributed by atoms with van der Waals surface area (Å²) in [7, 11) is 1.61. The predicted molar refractivity (Wildman–Crippen MR) is 57.3 cm³/mol. The monoisotopic (exact) mass is 216 g/mol. The topological polar surface area (TPSA) is 69.6 Å². The Morgan fingerprint density at radius 3 is 2.53 bits per heavy atom. The van der Waals surface area contributed by atoms with E-state index in [4.69, 9.17) is 5.11 Å². The van der Waals surface area contributed by atoms with Crippen LogP contribution in [0.5, 0.6) is 0 Å². The van der Waals surface area contributed by atoms with Crippen LogP contribution in [0.1, 0.15) is 26.2 Å². The molecule has 2 amide bonds. The Bertz CT molecular complexity index is 207. The zero-order chi connectivity index (χ0) is 11.7. The molecule has 0 saturated carbocycles. The van der Waals surface area contributed by atoms with Crippen molar-refractivity contribution in [3.05, 3.63) is 0 Å². The van der Waals surface area contributed by atoms with Gasteiger partial charge < -0.3 is 15.3 Å². The highest BCUT2D eigenvalue weighted by atomic mass is 16.3. The number of carbonyl (C=O) groups excluding carboxylic acids is 2. The van der Waals surface area contributed by atoms with Crippen LogP contribution in [0, 0.1) is 0 Å². The first-order valence-corrected chi connectivity index (χ1v) is 5.23. The number of nitrogens with one attached hydrogen (secondary N) is 1. The van der Waals surface area contributed by atoms with Gasteiger partial charge in [-0.3, -0.25) is 9.59 Å². The molecule has 5 nitrogen and oxygen atoms in total. The van der Waals surface area contributed by atoms with E-state index in [1.807, 2.05) is 6.92 Å². The maximum absolute atomic E-state index is 11.4. The summed E-state index contributed by atoms with van der Waals surface area (Å²) in [5.74, 6) is -0.204. The fraction of sp³-hybridized carbons (Fsp3) is 0.800. The fourth-order valence-corrected chi connectivity index (χ4v) is 1.14. The molecule has 0 unspecified atom stereocenters. The second-order valence-electron chi connectivity index (χ2n) is 3.38. The van der Waals surface area contributed by atoms with Crippen molar-refractivity contribution in [1.29, 1.82) is 0 Å². The molecule has 2 N–H and O–H groups in total. The van der Waals surface area contributed by atoms with Crippen molar-refractivity contribution in [2.24, 2.45) is 0 Å². The average Bonchev–Trinajstić information content (AvgIpc) is 2.18. The minimum Gasteiger partial charge on any atom is -0.396 e. The minimum atomic E-state index is -0.143. The summed E-state index contributed by atoms with van der Waals surface area (Å²) in [6.45, 7) is 2.62. The SMILES string of the molecule is CCNC(=O)CN(C)C(=O)CCCCO. The Labute approximate surface area is 90.5 Å². The number of aliphatic hydroxyl groups excluding tert-OH is 1. The van der Waals surface area contributed by atoms with Gasteiger partial charge in [0.2, 0.25) is 11.8 Å². The molecule has 0 heterocycles. The molecule has 0 fully saturated rings. The summed E-state index contributed by atoms with van der Waals surface area (Å²) in [6, 6.07) is 0. The quantitative estimate of drug-likeness (QED) is 0.576. The van der Waals surface area contributed by atoms with Gasteiger partial charge in [0.1, 0.15) is 0 Å². The lowest BCUT2D eigenvalue weighted by Gasteiger charge is -2.16. The number of aliphatic hydroxyl groups is 1. The molecule has 88 valence electrons. The molecule has 5 heteroatoms. The molecule has 0 aliphatic heterocycles. The lowest BCUT2D eigenvalue weighted by atomic mass is 10.2. The number of nitrogens with zero attached hydrogens (tertiary/aromatic N) is 1. The number of rotatable bonds is 7. The zero-order valence-electron chi connectivity index (χ0n) is 9.45. The highest BCUT2D eigenvalue weighted by molar-refractivity contribution is 5.84. The van der Waals surface area contributed by atoms with Crippen molar-refractivity contribution in [2.75, 3.05) is 26.7 Å². The molecular weight excluding hydrogens is 196 g/mol. The number of hydrogen-bond acceptors (Lipinski definition) is 3. The van der Waals surface area contributed by atoms with Crippen molar-refractivity contribution < 1.29 is 14.7 Å². The van der Waals surface area contributed by atoms with Crippen molar-refractivity contribution in [3.8, 4) is 0 Å². The maximum atomic E-state index is 11.4. The van der Waals surface area contributed by atoms with Gasteiger partial charge in [0.05, 0.1) is 6.54 Å². The Hall–Kier alpha value is -1.10. The van der Waals surface area contributed by atoms with E-state index < -0.39 is 0 Å². The van der Waals surface area contributed by atoms with E-state index in [2.05, 4.69) is 5.32 Å². The van der Waals surface area contributed by atoms with Gasteiger partial charge in [-0.25, -0.2) is 0 Å². The van der Waals surface area contributed by atoms with Crippen LogP contribution < -0.4 is 5.32 Å². The lowest BCUT2D eigenvalue weighted by molar-refractivity contribution is -0.134. The molecule has 0 bridgehead atoms. The van der Waals surface area contributed by atoms with Gasteiger partial charge >= 0.3 is 0 Å². The van der Waals surface area contributed by atoms with Crippen molar-refractivity contribution in [2.45, 2.75) is 26.2 Å². The molecule has 0 atom stereocenters. The third-order valence-corrected chi connectivity index (χ3v) is 1.98. The van der Waals surface area contributed by atoms with Crippen molar-refractivity contribution in [3.63, 3.8) is 0 Å². The summed E-state index contributed by atoms with van der Waals surface area (Å²) in [6.07, 6.45) is 1.67. The largest absolute Gasteiger partial charge is 0.396 e. The normalized spacial score (nSPS) is 9.80. The van der Waals surface area contributed by atoms with Crippen molar-refractivity contribution in [1.82, 2.24) is 10.2 Å².